The van der Waals surface area contributed by atoms with Crippen LogP contribution in [0.4, 0.5) is 34.1 Å². The molecular weight excluding hydrogens is 984 g/mol. The molecule has 406 valence electrons. The van der Waals surface area contributed by atoms with Crippen molar-refractivity contribution in [2.75, 3.05) is 9.80 Å². The first-order valence-corrected chi connectivity index (χ1v) is 32.5. The van der Waals surface area contributed by atoms with E-state index in [0.29, 0.717) is 17.8 Å². The van der Waals surface area contributed by atoms with Crippen LogP contribution in [0.3, 0.4) is 0 Å². The summed E-state index contributed by atoms with van der Waals surface area (Å²) in [5.74, 6) is 1.88. The van der Waals surface area contributed by atoms with Gasteiger partial charge in [-0.25, -0.2) is 0 Å². The van der Waals surface area contributed by atoms with E-state index in [0.717, 1.165) is 0 Å². The number of hydrogen-bond acceptors (Lipinski definition) is 3. The fourth-order valence-corrected chi connectivity index (χ4v) is 20.3. The van der Waals surface area contributed by atoms with E-state index >= 15 is 0 Å². The molecule has 0 amide bonds. The van der Waals surface area contributed by atoms with Gasteiger partial charge in [0.2, 0.25) is 0 Å². The molecule has 1 spiro atoms. The van der Waals surface area contributed by atoms with Gasteiger partial charge in [-0.15, -0.1) is 11.3 Å². The molecule has 8 aliphatic rings. The highest BCUT2D eigenvalue weighted by atomic mass is 32.1. The van der Waals surface area contributed by atoms with E-state index in [1.54, 1.807) is 22.3 Å². The first kappa shape index (κ1) is 50.2. The van der Waals surface area contributed by atoms with Crippen LogP contribution in [0.2, 0.25) is 0 Å². The second-order valence-electron chi connectivity index (χ2n) is 30.2. The summed E-state index contributed by atoms with van der Waals surface area (Å²) in [5.41, 5.74) is 25.4. The summed E-state index contributed by atoms with van der Waals surface area (Å²) in [6, 6.07) is 51.1. The van der Waals surface area contributed by atoms with Crippen LogP contribution in [0.5, 0.6) is 0 Å². The fraction of sp³-hybridized carbons (Fsp3) is 0.447. The minimum absolute atomic E-state index is 0.0315. The topological polar surface area (TPSA) is 6.48 Å². The molecule has 0 radical (unpaired) electrons. The summed E-state index contributed by atoms with van der Waals surface area (Å²) < 4.78 is 2.94. The molecule has 2 aliphatic heterocycles. The van der Waals surface area contributed by atoms with Crippen molar-refractivity contribution in [3.63, 3.8) is 0 Å². The molecule has 0 N–H and O–H groups in total. The second-order valence-corrected chi connectivity index (χ2v) is 31.3. The van der Waals surface area contributed by atoms with E-state index in [1.807, 2.05) is 0 Å². The molecule has 3 unspecified atom stereocenters. The van der Waals surface area contributed by atoms with Crippen molar-refractivity contribution in [1.82, 2.24) is 0 Å². The van der Waals surface area contributed by atoms with E-state index in [9.17, 15) is 0 Å². The number of nitrogens with zero attached hydrogens (tertiary/aromatic N) is 2. The van der Waals surface area contributed by atoms with Gasteiger partial charge in [-0.3, -0.25) is 0 Å². The van der Waals surface area contributed by atoms with Crippen molar-refractivity contribution in [3.8, 4) is 11.1 Å². The van der Waals surface area contributed by atoms with Crippen LogP contribution < -0.4 is 25.5 Å². The largest absolute Gasteiger partial charge is 0.311 e. The third-order valence-corrected chi connectivity index (χ3v) is 25.3. The lowest BCUT2D eigenvalue weighted by molar-refractivity contribution is 0.0990. The van der Waals surface area contributed by atoms with Crippen LogP contribution in [-0.2, 0) is 21.7 Å². The Balaban J connectivity index is 1.01. The van der Waals surface area contributed by atoms with Gasteiger partial charge in [0.1, 0.15) is 0 Å². The van der Waals surface area contributed by atoms with Crippen molar-refractivity contribution in [1.29, 1.82) is 0 Å². The quantitative estimate of drug-likeness (QED) is 0.162. The van der Waals surface area contributed by atoms with Crippen LogP contribution in [0, 0.1) is 16.7 Å². The van der Waals surface area contributed by atoms with Crippen molar-refractivity contribution < 1.29 is 0 Å². The molecule has 16 rings (SSSR count). The summed E-state index contributed by atoms with van der Waals surface area (Å²) in [6.07, 6.45) is 19.4. The summed E-state index contributed by atoms with van der Waals surface area (Å²) >= 11 is 2.11. The highest BCUT2D eigenvalue weighted by Gasteiger charge is 2.71. The molecule has 0 saturated heterocycles. The van der Waals surface area contributed by atoms with Gasteiger partial charge in [-0.05, 0) is 218 Å². The van der Waals surface area contributed by atoms with E-state index in [4.69, 9.17) is 0 Å². The molecule has 2 bridgehead atoms. The van der Waals surface area contributed by atoms with Gasteiger partial charge in [0.15, 0.2) is 0 Å². The van der Waals surface area contributed by atoms with E-state index < -0.39 is 0 Å². The second kappa shape index (κ2) is 17.0. The number of thiophene rings is 1. The average molecular weight is 1070 g/mol. The number of benzene rings is 7. The van der Waals surface area contributed by atoms with Crippen molar-refractivity contribution in [2.24, 2.45) is 16.7 Å². The molecular formula is C76H83BN2S. The van der Waals surface area contributed by atoms with Crippen LogP contribution in [0.25, 0.3) is 32.0 Å². The molecule has 4 saturated carbocycles. The van der Waals surface area contributed by atoms with Crippen molar-refractivity contribution in [2.45, 2.75) is 199 Å². The van der Waals surface area contributed by atoms with Gasteiger partial charge in [0, 0.05) is 54.1 Å². The molecule has 80 heavy (non-hydrogen) atoms. The average Bonchev–Trinajstić information content (AvgIpc) is 4.27. The van der Waals surface area contributed by atoms with E-state index in [1.165, 1.54) is 195 Å². The van der Waals surface area contributed by atoms with Gasteiger partial charge in [0.05, 0.1) is 5.69 Å². The Labute approximate surface area is 482 Å². The Bertz CT molecular complexity index is 3910. The molecule has 6 aliphatic carbocycles. The van der Waals surface area contributed by atoms with Gasteiger partial charge in [-0.1, -0.05) is 181 Å². The van der Waals surface area contributed by atoms with Crippen LogP contribution in [0.15, 0.2) is 121 Å². The maximum atomic E-state index is 2.85. The Kier molecular flexibility index (Phi) is 10.7. The SMILES string of the molecule is CC(C)(C)c1ccc2c3c(ccc2c1)B1c2sc4cc5c(cc4c2N(c2ccc(C4CCCCC4)cc2)c2cc(C4CCCCC4)cc(c21)N3c1ccc2c(c1)C1(CC3CCC1(C)C3(C)C)c1ccccc1-2)C(C)(C)CCC5(C)C. The Morgan fingerprint density at radius 3 is 1.82 bits per heavy atom. The van der Waals surface area contributed by atoms with Crippen molar-refractivity contribution >= 4 is 88.7 Å². The Morgan fingerprint density at radius 1 is 0.525 bits per heavy atom. The zero-order valence-electron chi connectivity index (χ0n) is 49.8. The van der Waals surface area contributed by atoms with Crippen LogP contribution in [-0.4, -0.2) is 6.71 Å². The van der Waals surface area contributed by atoms with Gasteiger partial charge < -0.3 is 9.80 Å². The minimum atomic E-state index is -0.0406. The molecule has 4 fully saturated rings. The lowest BCUT2D eigenvalue weighted by atomic mass is 9.36. The van der Waals surface area contributed by atoms with Crippen LogP contribution >= 0.6 is 11.3 Å². The highest BCUT2D eigenvalue weighted by molar-refractivity contribution is 7.33. The zero-order chi connectivity index (χ0) is 54.6. The summed E-state index contributed by atoms with van der Waals surface area (Å²) in [6.45, 7) is 25.2. The van der Waals surface area contributed by atoms with Crippen LogP contribution in [0.1, 0.15) is 216 Å². The highest BCUT2D eigenvalue weighted by Crippen LogP contribution is 2.78. The summed E-state index contributed by atoms with van der Waals surface area (Å²) in [7, 11) is 0. The fourth-order valence-electron chi connectivity index (χ4n) is 19.0. The predicted octanol–water partition coefficient (Wildman–Crippen LogP) is 20.0. The Hall–Kier alpha value is -5.58. The van der Waals surface area contributed by atoms with Gasteiger partial charge in [0.25, 0.3) is 6.71 Å². The molecule has 2 nitrogen and oxygen atoms in total. The lowest BCUT2D eigenvalue weighted by Gasteiger charge is -2.48. The molecule has 1 aromatic heterocycles. The van der Waals surface area contributed by atoms with Crippen molar-refractivity contribution in [3.05, 3.63) is 160 Å². The molecule has 4 heteroatoms. The normalized spacial score (nSPS) is 25.0. The maximum absolute atomic E-state index is 2.85. The predicted molar refractivity (Wildman–Crippen MR) is 344 cm³/mol. The number of rotatable bonds is 4. The molecule has 3 heterocycles. The lowest BCUT2D eigenvalue weighted by Crippen LogP contribution is -2.60. The van der Waals surface area contributed by atoms with Gasteiger partial charge in [-0.2, -0.15) is 0 Å². The van der Waals surface area contributed by atoms with Gasteiger partial charge >= 0.3 is 0 Å². The molecule has 3 atom stereocenters. The number of fused-ring (bicyclic) bond motifs is 17. The molecule has 8 aromatic rings. The molecule has 7 aromatic carbocycles. The zero-order valence-corrected chi connectivity index (χ0v) is 50.6. The van der Waals surface area contributed by atoms with E-state index in [2.05, 4.69) is 212 Å². The minimum Gasteiger partial charge on any atom is -0.311 e. The monoisotopic (exact) mass is 1070 g/mol. The first-order valence-electron chi connectivity index (χ1n) is 31.7. The summed E-state index contributed by atoms with van der Waals surface area (Å²) in [5, 5.41) is 4.14. The standard InChI is InChI=1S/C76H83BN2S/c1-71(2,3)51-28-32-55-49(39-51)27-34-63-68(55)79(54-31-33-57-56-23-17-18-24-59(56)76(60(57)42-54)45-52-35-36-75(76,10)74(52,8)9)65-41-50(47-21-15-12-16-22-47)40-64-67(65)77(63)70-69(78(64)53-29-25-48(26-30-53)46-19-13-11-14-20-46)58-43-61-62(44-66(58)80-70)73(6,7)38-37-72(61,4)5/h17-18,23-34,39-44,46-47,52H,11-16,19-22,35-38,45H2,1-10H3. The maximum Gasteiger partial charge on any atom is 0.264 e. The summed E-state index contributed by atoms with van der Waals surface area (Å²) in [4.78, 5) is 5.67. The Morgan fingerprint density at radius 2 is 1.16 bits per heavy atom. The van der Waals surface area contributed by atoms with E-state index in [-0.39, 0.29) is 39.2 Å². The third kappa shape index (κ3) is 6.72. The third-order valence-electron chi connectivity index (χ3n) is 24.1. The smallest absolute Gasteiger partial charge is 0.264 e. The number of hydrogen-bond donors (Lipinski definition) is 0. The first-order chi connectivity index (χ1) is 38.4. The number of anilines is 6.